The third kappa shape index (κ3) is 2.66. The summed E-state index contributed by atoms with van der Waals surface area (Å²) in [6, 6.07) is 7.37. The highest BCUT2D eigenvalue weighted by Crippen LogP contribution is 2.14. The van der Waals surface area contributed by atoms with Gasteiger partial charge in [-0.05, 0) is 43.2 Å². The molecule has 2 aromatic rings. The van der Waals surface area contributed by atoms with Crippen molar-refractivity contribution in [3.63, 3.8) is 0 Å². The van der Waals surface area contributed by atoms with Crippen LogP contribution in [0.25, 0.3) is 0 Å². The van der Waals surface area contributed by atoms with Crippen molar-refractivity contribution in [3.05, 3.63) is 53.6 Å². The number of hydrogen-bond acceptors (Lipinski definition) is 3. The monoisotopic (exact) mass is 227 g/mol. The fourth-order valence-electron chi connectivity index (χ4n) is 1.44. The van der Waals surface area contributed by atoms with E-state index in [1.54, 1.807) is 12.3 Å². The highest BCUT2D eigenvalue weighted by Gasteiger charge is 2.07. The Morgan fingerprint density at radius 2 is 2.00 bits per heavy atom. The molecule has 4 nitrogen and oxygen atoms in total. The summed E-state index contributed by atoms with van der Waals surface area (Å²) in [4.78, 5) is 19.5. The molecule has 0 saturated heterocycles. The molecule has 0 saturated carbocycles. The van der Waals surface area contributed by atoms with Crippen LogP contribution in [0.5, 0.6) is 0 Å². The topological polar surface area (TPSA) is 54.9 Å². The molecule has 0 aliphatic heterocycles. The fourth-order valence-corrected chi connectivity index (χ4v) is 1.44. The van der Waals surface area contributed by atoms with Gasteiger partial charge in [0.2, 0.25) is 0 Å². The maximum absolute atomic E-state index is 11.8. The van der Waals surface area contributed by atoms with E-state index >= 15 is 0 Å². The third-order valence-corrected chi connectivity index (χ3v) is 2.58. The number of carbonyl (C=O) groups is 1. The lowest BCUT2D eigenvalue weighted by molar-refractivity contribution is 0.102. The van der Waals surface area contributed by atoms with Gasteiger partial charge in [0.1, 0.15) is 12.0 Å². The Morgan fingerprint density at radius 3 is 2.65 bits per heavy atom. The number of benzene rings is 1. The molecule has 1 N–H and O–H groups in total. The Labute approximate surface area is 99.7 Å². The zero-order chi connectivity index (χ0) is 12.3. The molecule has 0 radical (unpaired) electrons. The molecule has 0 aliphatic carbocycles. The van der Waals surface area contributed by atoms with Crippen molar-refractivity contribution in [3.8, 4) is 0 Å². The van der Waals surface area contributed by atoms with E-state index in [1.165, 1.54) is 11.9 Å². The van der Waals surface area contributed by atoms with Gasteiger partial charge in [-0.1, -0.05) is 6.07 Å². The van der Waals surface area contributed by atoms with Crippen molar-refractivity contribution in [2.24, 2.45) is 0 Å². The zero-order valence-electron chi connectivity index (χ0n) is 9.77. The van der Waals surface area contributed by atoms with Crippen LogP contribution in [0.1, 0.15) is 21.6 Å². The van der Waals surface area contributed by atoms with Crippen molar-refractivity contribution in [1.29, 1.82) is 0 Å². The highest BCUT2D eigenvalue weighted by molar-refractivity contribution is 6.02. The van der Waals surface area contributed by atoms with Gasteiger partial charge < -0.3 is 5.32 Å². The molecule has 2 rings (SSSR count). The molecule has 17 heavy (non-hydrogen) atoms. The van der Waals surface area contributed by atoms with E-state index in [0.717, 1.165) is 11.3 Å². The Hall–Kier alpha value is -2.23. The fraction of sp³-hybridized carbons (Fsp3) is 0.154. The standard InChI is InChI=1S/C13H13N3O/c1-9-3-4-11(7-10(9)2)16-13(17)12-5-6-14-8-15-12/h3-8H,1-2H3,(H,16,17). The van der Waals surface area contributed by atoms with Crippen molar-refractivity contribution in [2.75, 3.05) is 5.32 Å². The molecule has 1 aromatic heterocycles. The van der Waals surface area contributed by atoms with E-state index in [4.69, 9.17) is 0 Å². The van der Waals surface area contributed by atoms with E-state index in [0.29, 0.717) is 5.69 Å². The first-order valence-corrected chi connectivity index (χ1v) is 5.31. The number of nitrogens with zero attached hydrogens (tertiary/aromatic N) is 2. The summed E-state index contributed by atoms with van der Waals surface area (Å²) in [6.07, 6.45) is 2.90. The number of anilines is 1. The largest absolute Gasteiger partial charge is 0.321 e. The van der Waals surface area contributed by atoms with Crippen LogP contribution in [0.4, 0.5) is 5.69 Å². The van der Waals surface area contributed by atoms with Crippen LogP contribution in [-0.2, 0) is 0 Å². The molecular weight excluding hydrogens is 214 g/mol. The van der Waals surface area contributed by atoms with E-state index in [1.807, 2.05) is 32.0 Å². The first kappa shape index (κ1) is 11.3. The Morgan fingerprint density at radius 1 is 1.18 bits per heavy atom. The Kier molecular flexibility index (Phi) is 3.14. The lowest BCUT2D eigenvalue weighted by Crippen LogP contribution is -2.13. The van der Waals surface area contributed by atoms with Gasteiger partial charge in [-0.25, -0.2) is 9.97 Å². The van der Waals surface area contributed by atoms with Crippen LogP contribution in [-0.4, -0.2) is 15.9 Å². The second-order valence-corrected chi connectivity index (χ2v) is 3.85. The van der Waals surface area contributed by atoms with Gasteiger partial charge >= 0.3 is 0 Å². The third-order valence-electron chi connectivity index (χ3n) is 2.58. The molecule has 1 aromatic carbocycles. The average molecular weight is 227 g/mol. The molecule has 1 heterocycles. The number of hydrogen-bond donors (Lipinski definition) is 1. The second kappa shape index (κ2) is 4.74. The van der Waals surface area contributed by atoms with Crippen LogP contribution < -0.4 is 5.32 Å². The molecular formula is C13H13N3O. The van der Waals surface area contributed by atoms with E-state index in [-0.39, 0.29) is 5.91 Å². The van der Waals surface area contributed by atoms with Gasteiger partial charge in [0.05, 0.1) is 0 Å². The highest BCUT2D eigenvalue weighted by atomic mass is 16.1. The summed E-state index contributed by atoms with van der Waals surface area (Å²) in [7, 11) is 0. The maximum Gasteiger partial charge on any atom is 0.274 e. The lowest BCUT2D eigenvalue weighted by Gasteiger charge is -2.06. The van der Waals surface area contributed by atoms with Gasteiger partial charge in [-0.15, -0.1) is 0 Å². The van der Waals surface area contributed by atoms with Gasteiger partial charge in [-0.2, -0.15) is 0 Å². The molecule has 0 spiro atoms. The molecule has 4 heteroatoms. The maximum atomic E-state index is 11.8. The second-order valence-electron chi connectivity index (χ2n) is 3.85. The molecule has 1 amide bonds. The molecule has 0 unspecified atom stereocenters. The Balaban J connectivity index is 2.16. The molecule has 0 fully saturated rings. The number of aryl methyl sites for hydroxylation is 2. The minimum absolute atomic E-state index is 0.226. The number of nitrogens with one attached hydrogen (secondary N) is 1. The van der Waals surface area contributed by atoms with E-state index in [9.17, 15) is 4.79 Å². The minimum atomic E-state index is -0.226. The van der Waals surface area contributed by atoms with Gasteiger partial charge in [0.15, 0.2) is 0 Å². The Bertz CT molecular complexity index is 538. The summed E-state index contributed by atoms with van der Waals surface area (Å²) in [6.45, 7) is 4.04. The SMILES string of the molecule is Cc1ccc(NC(=O)c2ccncn2)cc1C. The summed E-state index contributed by atoms with van der Waals surface area (Å²) < 4.78 is 0. The molecule has 0 atom stereocenters. The molecule has 0 bridgehead atoms. The van der Waals surface area contributed by atoms with Gasteiger partial charge in [0.25, 0.3) is 5.91 Å². The van der Waals surface area contributed by atoms with Crippen LogP contribution >= 0.6 is 0 Å². The molecule has 0 aliphatic rings. The first-order valence-electron chi connectivity index (χ1n) is 5.31. The van der Waals surface area contributed by atoms with Gasteiger partial charge in [0, 0.05) is 11.9 Å². The zero-order valence-corrected chi connectivity index (χ0v) is 9.77. The van der Waals surface area contributed by atoms with E-state index < -0.39 is 0 Å². The summed E-state index contributed by atoms with van der Waals surface area (Å²) in [5, 5.41) is 2.80. The predicted molar refractivity (Wildman–Crippen MR) is 65.9 cm³/mol. The van der Waals surface area contributed by atoms with Gasteiger partial charge in [-0.3, -0.25) is 4.79 Å². The number of aromatic nitrogens is 2. The van der Waals surface area contributed by atoms with Crippen LogP contribution in [0.3, 0.4) is 0 Å². The quantitative estimate of drug-likeness (QED) is 0.856. The number of carbonyl (C=O) groups excluding carboxylic acids is 1. The summed E-state index contributed by atoms with van der Waals surface area (Å²) in [5.41, 5.74) is 3.48. The van der Waals surface area contributed by atoms with Crippen LogP contribution in [0.2, 0.25) is 0 Å². The number of rotatable bonds is 2. The van der Waals surface area contributed by atoms with Crippen molar-refractivity contribution in [1.82, 2.24) is 9.97 Å². The average Bonchev–Trinajstić information content (AvgIpc) is 2.35. The lowest BCUT2D eigenvalue weighted by atomic mass is 10.1. The van der Waals surface area contributed by atoms with Crippen molar-refractivity contribution >= 4 is 11.6 Å². The van der Waals surface area contributed by atoms with Crippen molar-refractivity contribution < 1.29 is 4.79 Å². The van der Waals surface area contributed by atoms with Crippen molar-refractivity contribution in [2.45, 2.75) is 13.8 Å². The van der Waals surface area contributed by atoms with E-state index in [2.05, 4.69) is 15.3 Å². The molecule has 86 valence electrons. The van der Waals surface area contributed by atoms with Crippen LogP contribution in [0, 0.1) is 13.8 Å². The van der Waals surface area contributed by atoms with Crippen LogP contribution in [0.15, 0.2) is 36.8 Å². The predicted octanol–water partition coefficient (Wildman–Crippen LogP) is 2.35. The number of amides is 1. The summed E-state index contributed by atoms with van der Waals surface area (Å²) >= 11 is 0. The minimum Gasteiger partial charge on any atom is -0.321 e. The summed E-state index contributed by atoms with van der Waals surface area (Å²) in [5.74, 6) is -0.226. The first-order chi connectivity index (χ1) is 8.16. The normalized spacial score (nSPS) is 10.0. The smallest absolute Gasteiger partial charge is 0.274 e.